The summed E-state index contributed by atoms with van der Waals surface area (Å²) in [6.07, 6.45) is -4.74. The highest BCUT2D eigenvalue weighted by molar-refractivity contribution is 5.80. The Morgan fingerprint density at radius 2 is 1.46 bits per heavy atom. The van der Waals surface area contributed by atoms with Crippen LogP contribution in [-0.2, 0) is 19.1 Å². The third-order valence-electron chi connectivity index (χ3n) is 4.79. The van der Waals surface area contributed by atoms with E-state index in [0.717, 1.165) is 0 Å². The molecule has 0 fully saturated rings. The maximum absolute atomic E-state index is 12.7. The van der Waals surface area contributed by atoms with Crippen molar-refractivity contribution in [3.05, 3.63) is 0 Å². The molecule has 154 valence electrons. The normalized spacial score (nSPS) is 15.5. The van der Waals surface area contributed by atoms with Crippen LogP contribution in [-0.4, -0.2) is 37.3 Å². The van der Waals surface area contributed by atoms with Gasteiger partial charge in [0.2, 0.25) is 0 Å². The third kappa shape index (κ3) is 6.09. The molecular formula is C17H27F5O4. The first-order chi connectivity index (χ1) is 11.5. The first-order valence-electron chi connectivity index (χ1n) is 8.27. The third-order valence-corrected chi connectivity index (χ3v) is 4.79. The number of rotatable bonds is 9. The number of carbonyl (C=O) groups is 2. The lowest BCUT2D eigenvalue weighted by Crippen LogP contribution is -2.45. The molecule has 26 heavy (non-hydrogen) atoms. The van der Waals surface area contributed by atoms with Crippen LogP contribution in [0.5, 0.6) is 0 Å². The molecule has 0 aliphatic carbocycles. The first kappa shape index (κ1) is 24.6. The Bertz CT molecular complexity index is 500. The SMILES string of the molecule is CCC(C)(C)C(C)(CC(C)C)C(=O)OCC(=O)OCC(F)(F)C(F)(F)F. The fourth-order valence-electron chi connectivity index (χ4n) is 2.42. The smallest absolute Gasteiger partial charge is 0.456 e. The number of hydrogen-bond acceptors (Lipinski definition) is 4. The summed E-state index contributed by atoms with van der Waals surface area (Å²) in [7, 11) is 0. The lowest BCUT2D eigenvalue weighted by atomic mass is 9.62. The molecule has 1 unspecified atom stereocenters. The van der Waals surface area contributed by atoms with E-state index < -0.39 is 48.1 Å². The summed E-state index contributed by atoms with van der Waals surface area (Å²) in [4.78, 5) is 23.9. The summed E-state index contributed by atoms with van der Waals surface area (Å²) in [6, 6.07) is 0. The average Bonchev–Trinajstić information content (AvgIpc) is 2.48. The molecule has 0 amide bonds. The molecule has 0 aliphatic rings. The molecule has 0 radical (unpaired) electrons. The molecule has 0 saturated carbocycles. The van der Waals surface area contributed by atoms with Crippen LogP contribution in [0, 0.1) is 16.7 Å². The van der Waals surface area contributed by atoms with Crippen molar-refractivity contribution in [3.63, 3.8) is 0 Å². The molecular weight excluding hydrogens is 363 g/mol. The van der Waals surface area contributed by atoms with Crippen molar-refractivity contribution in [2.45, 2.75) is 66.5 Å². The number of esters is 2. The van der Waals surface area contributed by atoms with E-state index in [1.807, 2.05) is 34.6 Å². The van der Waals surface area contributed by atoms with E-state index in [2.05, 4.69) is 4.74 Å². The largest absolute Gasteiger partial charge is 0.456 e. The van der Waals surface area contributed by atoms with Gasteiger partial charge in [-0.05, 0) is 31.1 Å². The minimum Gasteiger partial charge on any atom is -0.456 e. The topological polar surface area (TPSA) is 52.6 Å². The molecule has 0 aromatic heterocycles. The lowest BCUT2D eigenvalue weighted by Gasteiger charge is -2.42. The Morgan fingerprint density at radius 3 is 1.85 bits per heavy atom. The van der Waals surface area contributed by atoms with Crippen LogP contribution in [0.2, 0.25) is 0 Å². The highest BCUT2D eigenvalue weighted by Crippen LogP contribution is 2.47. The zero-order valence-corrected chi connectivity index (χ0v) is 15.9. The zero-order chi connectivity index (χ0) is 21.0. The molecule has 0 spiro atoms. The van der Waals surface area contributed by atoms with E-state index in [9.17, 15) is 31.5 Å². The zero-order valence-electron chi connectivity index (χ0n) is 15.9. The summed E-state index contributed by atoms with van der Waals surface area (Å²) in [5, 5.41) is 0. The van der Waals surface area contributed by atoms with E-state index in [4.69, 9.17) is 4.74 Å². The number of ether oxygens (including phenoxy) is 2. The van der Waals surface area contributed by atoms with Crippen molar-refractivity contribution < 1.29 is 41.0 Å². The van der Waals surface area contributed by atoms with Gasteiger partial charge in [-0.3, -0.25) is 4.79 Å². The van der Waals surface area contributed by atoms with Crippen LogP contribution < -0.4 is 0 Å². The maximum atomic E-state index is 12.7. The van der Waals surface area contributed by atoms with Gasteiger partial charge in [0.15, 0.2) is 13.2 Å². The second-order valence-corrected chi connectivity index (χ2v) is 7.61. The number of alkyl halides is 5. The average molecular weight is 390 g/mol. The van der Waals surface area contributed by atoms with Crippen molar-refractivity contribution in [1.29, 1.82) is 0 Å². The van der Waals surface area contributed by atoms with E-state index in [-0.39, 0.29) is 5.92 Å². The second-order valence-electron chi connectivity index (χ2n) is 7.61. The van der Waals surface area contributed by atoms with E-state index in [0.29, 0.717) is 12.8 Å². The molecule has 0 bridgehead atoms. The van der Waals surface area contributed by atoms with Crippen LogP contribution in [0.25, 0.3) is 0 Å². The van der Waals surface area contributed by atoms with Gasteiger partial charge in [-0.25, -0.2) is 4.79 Å². The Labute approximate surface area is 150 Å². The van der Waals surface area contributed by atoms with Crippen molar-refractivity contribution in [3.8, 4) is 0 Å². The van der Waals surface area contributed by atoms with Crippen LogP contribution in [0.3, 0.4) is 0 Å². The van der Waals surface area contributed by atoms with Gasteiger partial charge in [0.1, 0.15) is 0 Å². The van der Waals surface area contributed by atoms with Crippen LogP contribution in [0.4, 0.5) is 22.0 Å². The van der Waals surface area contributed by atoms with Crippen LogP contribution in [0.1, 0.15) is 54.4 Å². The van der Waals surface area contributed by atoms with Crippen LogP contribution in [0.15, 0.2) is 0 Å². The van der Waals surface area contributed by atoms with Crippen molar-refractivity contribution in [2.75, 3.05) is 13.2 Å². The summed E-state index contributed by atoms with van der Waals surface area (Å²) in [5.74, 6) is -7.22. The molecule has 1 atom stereocenters. The molecule has 9 heteroatoms. The molecule has 4 nitrogen and oxygen atoms in total. The summed E-state index contributed by atoms with van der Waals surface area (Å²) >= 11 is 0. The fourth-order valence-corrected chi connectivity index (χ4v) is 2.42. The fraction of sp³-hybridized carbons (Fsp3) is 0.882. The molecule has 0 saturated heterocycles. The lowest BCUT2D eigenvalue weighted by molar-refractivity contribution is -0.294. The molecule has 0 rings (SSSR count). The van der Waals surface area contributed by atoms with Crippen molar-refractivity contribution in [1.82, 2.24) is 0 Å². The Morgan fingerprint density at radius 1 is 0.962 bits per heavy atom. The summed E-state index contributed by atoms with van der Waals surface area (Å²) in [5.41, 5.74) is -1.45. The van der Waals surface area contributed by atoms with Gasteiger partial charge in [-0.1, -0.05) is 34.6 Å². The molecule has 0 heterocycles. The van der Waals surface area contributed by atoms with Crippen molar-refractivity contribution in [2.24, 2.45) is 16.7 Å². The standard InChI is InChI=1S/C17H27F5O4/c1-7-14(4,5)15(6,8-11(2)3)13(24)25-9-12(23)26-10-16(18,19)17(20,21)22/h11H,7-10H2,1-6H3. The Hall–Kier alpha value is -1.41. The van der Waals surface area contributed by atoms with Gasteiger partial charge in [-0.2, -0.15) is 22.0 Å². The number of carbonyl (C=O) groups excluding carboxylic acids is 2. The molecule has 0 aromatic rings. The minimum atomic E-state index is -5.83. The first-order valence-corrected chi connectivity index (χ1v) is 8.27. The predicted octanol–water partition coefficient (Wildman–Crippen LogP) is 4.76. The van der Waals surface area contributed by atoms with E-state index in [1.165, 1.54) is 0 Å². The highest BCUT2D eigenvalue weighted by Gasteiger charge is 2.58. The summed E-state index contributed by atoms with van der Waals surface area (Å²) in [6.45, 7) is 7.92. The van der Waals surface area contributed by atoms with Gasteiger partial charge in [0.25, 0.3) is 0 Å². The van der Waals surface area contributed by atoms with E-state index in [1.54, 1.807) is 6.92 Å². The van der Waals surface area contributed by atoms with Crippen molar-refractivity contribution >= 4 is 11.9 Å². The monoisotopic (exact) mass is 390 g/mol. The van der Waals surface area contributed by atoms with E-state index >= 15 is 0 Å². The Kier molecular flexibility index (Phi) is 8.06. The van der Waals surface area contributed by atoms with Gasteiger partial charge in [-0.15, -0.1) is 0 Å². The molecule has 0 aromatic carbocycles. The Balaban J connectivity index is 4.91. The van der Waals surface area contributed by atoms with Gasteiger partial charge in [0, 0.05) is 0 Å². The number of halogens is 5. The molecule has 0 aliphatic heterocycles. The minimum absolute atomic E-state index is 0.135. The quantitative estimate of drug-likeness (QED) is 0.421. The predicted molar refractivity (Wildman–Crippen MR) is 84.6 cm³/mol. The van der Waals surface area contributed by atoms with Gasteiger partial charge >= 0.3 is 24.0 Å². The van der Waals surface area contributed by atoms with Crippen LogP contribution >= 0.6 is 0 Å². The second kappa shape index (κ2) is 8.52. The number of hydrogen-bond donors (Lipinski definition) is 0. The molecule has 0 N–H and O–H groups in total. The van der Waals surface area contributed by atoms with Gasteiger partial charge < -0.3 is 9.47 Å². The van der Waals surface area contributed by atoms with Gasteiger partial charge in [0.05, 0.1) is 5.41 Å². The maximum Gasteiger partial charge on any atom is 0.456 e. The highest BCUT2D eigenvalue weighted by atomic mass is 19.4. The summed E-state index contributed by atoms with van der Waals surface area (Å²) < 4.78 is 70.3.